The van der Waals surface area contributed by atoms with Gasteiger partial charge in [0, 0.05) is 25.0 Å². The molecule has 6 nitrogen and oxygen atoms in total. The van der Waals surface area contributed by atoms with Gasteiger partial charge in [0.15, 0.2) is 0 Å². The molecule has 3 N–H and O–H groups in total. The Bertz CT molecular complexity index is 872. The Kier molecular flexibility index (Phi) is 7.16. The van der Waals surface area contributed by atoms with Gasteiger partial charge < -0.3 is 15.3 Å². The van der Waals surface area contributed by atoms with E-state index in [4.69, 9.17) is 11.6 Å². The number of hydrogen-bond acceptors (Lipinski definition) is 5. The molecule has 0 saturated carbocycles. The van der Waals surface area contributed by atoms with Gasteiger partial charge in [0.1, 0.15) is 5.75 Å². The Balaban J connectivity index is 1.98. The lowest BCUT2D eigenvalue weighted by Gasteiger charge is -2.11. The smallest absolute Gasteiger partial charge is 0.269 e. The lowest BCUT2D eigenvalue weighted by Crippen LogP contribution is -1.98. The predicted molar refractivity (Wildman–Crippen MR) is 103 cm³/mol. The van der Waals surface area contributed by atoms with Gasteiger partial charge in [-0.2, -0.15) is 0 Å². The lowest BCUT2D eigenvalue weighted by molar-refractivity contribution is -0.384. The van der Waals surface area contributed by atoms with Gasteiger partial charge in [0.25, 0.3) is 5.69 Å². The summed E-state index contributed by atoms with van der Waals surface area (Å²) < 4.78 is 0. The highest BCUT2D eigenvalue weighted by molar-refractivity contribution is 6.31. The van der Waals surface area contributed by atoms with E-state index in [-0.39, 0.29) is 22.9 Å². The van der Waals surface area contributed by atoms with Crippen molar-refractivity contribution in [2.45, 2.75) is 32.0 Å². The maximum atomic E-state index is 10.7. The van der Waals surface area contributed by atoms with Crippen LogP contribution >= 0.6 is 11.6 Å². The number of phenolic OH excluding ortho intramolecular Hbond substituents is 1. The molecule has 0 fully saturated rings. The van der Waals surface area contributed by atoms with Crippen molar-refractivity contribution < 1.29 is 20.2 Å². The zero-order valence-corrected chi connectivity index (χ0v) is 15.4. The molecule has 0 aliphatic carbocycles. The Morgan fingerprint density at radius 2 is 1.89 bits per heavy atom. The van der Waals surface area contributed by atoms with E-state index in [1.165, 1.54) is 36.4 Å². The first-order valence-electron chi connectivity index (χ1n) is 8.27. The number of nitro benzene ring substituents is 1. The average molecular weight is 390 g/mol. The molecule has 0 spiro atoms. The highest BCUT2D eigenvalue weighted by Gasteiger charge is 2.12. The Labute approximate surface area is 161 Å². The zero-order chi connectivity index (χ0) is 20.0. The predicted octanol–water partition coefficient (Wildman–Crippen LogP) is 4.60. The summed E-state index contributed by atoms with van der Waals surface area (Å²) in [7, 11) is 0. The van der Waals surface area contributed by atoms with Crippen molar-refractivity contribution in [1.29, 1.82) is 0 Å². The summed E-state index contributed by atoms with van der Waals surface area (Å²) >= 11 is 6.00. The van der Waals surface area contributed by atoms with E-state index in [2.05, 4.69) is 5.73 Å². The second-order valence-electron chi connectivity index (χ2n) is 6.15. The number of benzene rings is 2. The van der Waals surface area contributed by atoms with Crippen molar-refractivity contribution in [2.75, 3.05) is 0 Å². The molecule has 0 amide bonds. The molecule has 27 heavy (non-hydrogen) atoms. The Morgan fingerprint density at radius 1 is 1.22 bits per heavy atom. The van der Waals surface area contributed by atoms with Crippen LogP contribution in [0.25, 0.3) is 0 Å². The van der Waals surface area contributed by atoms with Crippen LogP contribution in [-0.4, -0.2) is 20.2 Å². The van der Waals surface area contributed by atoms with Crippen molar-refractivity contribution in [1.82, 2.24) is 0 Å². The van der Waals surface area contributed by atoms with Gasteiger partial charge in [0.2, 0.25) is 0 Å². The highest BCUT2D eigenvalue weighted by Crippen LogP contribution is 2.29. The fourth-order valence-corrected chi connectivity index (χ4v) is 2.84. The van der Waals surface area contributed by atoms with Crippen LogP contribution < -0.4 is 0 Å². The monoisotopic (exact) mass is 389 g/mol. The molecule has 0 radical (unpaired) electrons. The van der Waals surface area contributed by atoms with Gasteiger partial charge in [-0.15, -0.1) is 5.73 Å². The van der Waals surface area contributed by atoms with Gasteiger partial charge in [-0.3, -0.25) is 10.1 Å². The number of rotatable bonds is 7. The van der Waals surface area contributed by atoms with Crippen molar-refractivity contribution >= 4 is 17.3 Å². The van der Waals surface area contributed by atoms with Crippen molar-refractivity contribution in [3.05, 3.63) is 86.1 Å². The van der Waals surface area contributed by atoms with Crippen molar-refractivity contribution in [2.24, 2.45) is 0 Å². The number of phenols is 1. The first-order chi connectivity index (χ1) is 12.8. The zero-order valence-electron chi connectivity index (χ0n) is 14.7. The van der Waals surface area contributed by atoms with E-state index < -0.39 is 17.1 Å². The quantitative estimate of drug-likeness (QED) is 0.364. The second-order valence-corrected chi connectivity index (χ2v) is 6.56. The summed E-state index contributed by atoms with van der Waals surface area (Å²) in [6.45, 7) is 1.80. The van der Waals surface area contributed by atoms with Gasteiger partial charge in [-0.1, -0.05) is 17.7 Å². The van der Waals surface area contributed by atoms with Crippen LogP contribution in [0.4, 0.5) is 5.69 Å². The van der Waals surface area contributed by atoms with Gasteiger partial charge >= 0.3 is 0 Å². The molecule has 2 aromatic carbocycles. The summed E-state index contributed by atoms with van der Waals surface area (Å²) in [6, 6.07) is 10.1. The molecule has 2 rings (SSSR count). The lowest BCUT2D eigenvalue weighted by atomic mass is 10.0. The summed E-state index contributed by atoms with van der Waals surface area (Å²) in [5, 5.41) is 40.7. The normalized spacial score (nSPS) is 12.7. The third-order valence-corrected chi connectivity index (χ3v) is 4.35. The Hall–Kier alpha value is -2.63. The maximum Gasteiger partial charge on any atom is 0.269 e. The van der Waals surface area contributed by atoms with Crippen LogP contribution in [0.2, 0.25) is 5.02 Å². The fourth-order valence-electron chi connectivity index (χ4n) is 2.54. The SMILES string of the molecule is CC(=C=CC[C@@H](O)c1ccc(O)cc1Cl)C[C@@H](O)c1ccc([N+](=O)[O-])cc1. The first-order valence-corrected chi connectivity index (χ1v) is 8.65. The molecule has 0 unspecified atom stereocenters. The van der Waals surface area contributed by atoms with Crippen LogP contribution in [0.3, 0.4) is 0 Å². The third-order valence-electron chi connectivity index (χ3n) is 4.02. The molecule has 0 bridgehead atoms. The van der Waals surface area contributed by atoms with Crippen LogP contribution in [0.15, 0.2) is 59.8 Å². The summed E-state index contributed by atoms with van der Waals surface area (Å²) in [6.07, 6.45) is 0.604. The minimum absolute atomic E-state index is 0.0278. The molecule has 0 saturated heterocycles. The second kappa shape index (κ2) is 9.35. The number of hydrogen-bond donors (Lipinski definition) is 3. The molecule has 0 aliphatic rings. The number of nitro groups is 1. The van der Waals surface area contributed by atoms with E-state index >= 15 is 0 Å². The third kappa shape index (κ3) is 5.94. The molecule has 2 aromatic rings. The van der Waals surface area contributed by atoms with Crippen molar-refractivity contribution in [3.8, 4) is 5.75 Å². The minimum Gasteiger partial charge on any atom is -0.508 e. The van der Waals surface area contributed by atoms with Crippen molar-refractivity contribution in [3.63, 3.8) is 0 Å². The van der Waals surface area contributed by atoms with Gasteiger partial charge in [0.05, 0.1) is 22.2 Å². The number of aliphatic hydroxyl groups excluding tert-OH is 2. The van der Waals surface area contributed by atoms with Gasteiger partial charge in [-0.25, -0.2) is 0 Å². The number of nitrogens with zero attached hydrogens (tertiary/aromatic N) is 1. The number of non-ortho nitro benzene ring substituents is 1. The largest absolute Gasteiger partial charge is 0.508 e. The summed E-state index contributed by atoms with van der Waals surface area (Å²) in [5.41, 5.74) is 4.85. The number of halogens is 1. The number of aromatic hydroxyl groups is 1. The molecule has 0 aliphatic heterocycles. The Morgan fingerprint density at radius 3 is 2.48 bits per heavy atom. The number of aliphatic hydroxyl groups is 2. The molecule has 7 heteroatoms. The van der Waals surface area contributed by atoms with E-state index in [0.29, 0.717) is 17.5 Å². The molecule has 0 heterocycles. The molecule has 2 atom stereocenters. The molecule has 142 valence electrons. The summed E-state index contributed by atoms with van der Waals surface area (Å²) in [5.74, 6) is 0.0301. The van der Waals surface area contributed by atoms with E-state index in [9.17, 15) is 25.4 Å². The van der Waals surface area contributed by atoms with E-state index in [1.54, 1.807) is 19.1 Å². The molecular weight excluding hydrogens is 370 g/mol. The standard InChI is InChI=1S/C20H20ClNO5/c1-13(11-20(25)14-5-7-15(8-6-14)22(26)27)3-2-4-19(24)17-10-9-16(23)12-18(17)21/h2,5-10,12,19-20,23-25H,4,11H2,1H3/t3?,19-,20-/m1/s1. The van der Waals surface area contributed by atoms with Crippen LogP contribution in [-0.2, 0) is 0 Å². The average Bonchev–Trinajstić information content (AvgIpc) is 2.61. The topological polar surface area (TPSA) is 104 Å². The fraction of sp³-hybridized carbons (Fsp3) is 0.250. The first kappa shape index (κ1) is 20.7. The van der Waals surface area contributed by atoms with E-state index in [1.807, 2.05) is 0 Å². The van der Waals surface area contributed by atoms with Gasteiger partial charge in [-0.05, 0) is 54.0 Å². The van der Waals surface area contributed by atoms with Crippen LogP contribution in [0, 0.1) is 10.1 Å². The van der Waals surface area contributed by atoms with Crippen LogP contribution in [0.1, 0.15) is 43.1 Å². The minimum atomic E-state index is -0.835. The molecule has 0 aromatic heterocycles. The highest BCUT2D eigenvalue weighted by atomic mass is 35.5. The molecular formula is C20H20ClNO5. The maximum absolute atomic E-state index is 10.7. The van der Waals surface area contributed by atoms with E-state index in [0.717, 1.165) is 5.57 Å². The summed E-state index contributed by atoms with van der Waals surface area (Å²) in [4.78, 5) is 10.2. The van der Waals surface area contributed by atoms with Crippen LogP contribution in [0.5, 0.6) is 5.75 Å².